The maximum atomic E-state index is 14.4. The number of alkyl halides is 4. The first-order valence-corrected chi connectivity index (χ1v) is 7.58. The maximum Gasteiger partial charge on any atom is 0.283 e. The molecule has 1 fully saturated rings. The lowest BCUT2D eigenvalue weighted by Crippen LogP contribution is -2.57. The van der Waals surface area contributed by atoms with Gasteiger partial charge >= 0.3 is 0 Å². The van der Waals surface area contributed by atoms with Gasteiger partial charge in [0, 0.05) is 30.0 Å². The first-order chi connectivity index (χ1) is 12.1. The van der Waals surface area contributed by atoms with E-state index in [1.54, 1.807) is 0 Å². The Labute approximate surface area is 144 Å². The Morgan fingerprint density at radius 3 is 2.62 bits per heavy atom. The first kappa shape index (κ1) is 18.3. The van der Waals surface area contributed by atoms with E-state index in [1.807, 2.05) is 0 Å². The van der Waals surface area contributed by atoms with Crippen molar-refractivity contribution in [3.63, 3.8) is 0 Å². The van der Waals surface area contributed by atoms with Crippen LogP contribution < -0.4 is 5.73 Å². The number of ether oxygens (including phenoxy) is 1. The molecule has 0 spiro atoms. The Hall–Kier alpha value is -2.46. The highest BCUT2D eigenvalue weighted by Gasteiger charge is 2.68. The van der Waals surface area contributed by atoms with Crippen LogP contribution in [0.1, 0.15) is 18.4 Å². The molecule has 2 N–H and O–H groups in total. The summed E-state index contributed by atoms with van der Waals surface area (Å²) in [5.41, 5.74) is -0.313. The van der Waals surface area contributed by atoms with E-state index in [4.69, 9.17) is 10.5 Å². The fraction of sp³-hybridized carbons (Fsp3) is 0.533. The number of non-ortho nitro benzene ring substituents is 1. The minimum absolute atomic E-state index is 0.593. The minimum atomic E-state index is -3.42. The monoisotopic (exact) mass is 379 g/mol. The molecule has 1 saturated carbocycles. The average Bonchev–Trinajstić information content (AvgIpc) is 2.85. The summed E-state index contributed by atoms with van der Waals surface area (Å²) in [6.07, 6.45) is -2.12. The van der Waals surface area contributed by atoms with Gasteiger partial charge in [-0.2, -0.15) is 0 Å². The second-order valence-corrected chi connectivity index (χ2v) is 6.52. The van der Waals surface area contributed by atoms with Crippen LogP contribution in [0.2, 0.25) is 0 Å². The van der Waals surface area contributed by atoms with Crippen molar-refractivity contribution >= 4 is 11.7 Å². The molecule has 3 atom stereocenters. The zero-order valence-corrected chi connectivity index (χ0v) is 13.2. The van der Waals surface area contributed by atoms with Gasteiger partial charge in [-0.25, -0.2) is 26.9 Å². The number of nitrogens with two attached hydrogens (primary N) is 1. The predicted octanol–water partition coefficient (Wildman–Crippen LogP) is 3.00. The molecule has 2 aliphatic rings. The van der Waals surface area contributed by atoms with Crippen molar-refractivity contribution in [2.75, 3.05) is 13.3 Å². The van der Waals surface area contributed by atoms with Gasteiger partial charge in [-0.1, -0.05) is 0 Å². The largest absolute Gasteiger partial charge is 0.455 e. The summed E-state index contributed by atoms with van der Waals surface area (Å²) < 4.78 is 75.5. The van der Waals surface area contributed by atoms with E-state index in [1.165, 1.54) is 0 Å². The van der Waals surface area contributed by atoms with E-state index in [9.17, 15) is 32.1 Å². The average molecular weight is 379 g/mol. The Morgan fingerprint density at radius 2 is 2.04 bits per heavy atom. The van der Waals surface area contributed by atoms with Gasteiger partial charge in [0.25, 0.3) is 17.6 Å². The van der Waals surface area contributed by atoms with Gasteiger partial charge in [-0.3, -0.25) is 10.1 Å². The Balaban J connectivity index is 2.26. The third kappa shape index (κ3) is 2.56. The summed E-state index contributed by atoms with van der Waals surface area (Å²) in [5.74, 6) is -6.13. The molecule has 1 aromatic rings. The number of aliphatic imine (C=N–C) groups is 1. The van der Waals surface area contributed by atoms with Crippen molar-refractivity contribution < 1.29 is 31.6 Å². The highest BCUT2D eigenvalue weighted by Crippen LogP contribution is 2.58. The number of benzene rings is 1. The predicted molar refractivity (Wildman–Crippen MR) is 79.8 cm³/mol. The van der Waals surface area contributed by atoms with Crippen LogP contribution in [-0.2, 0) is 10.3 Å². The lowest BCUT2D eigenvalue weighted by molar-refractivity contribution is -0.385. The minimum Gasteiger partial charge on any atom is -0.455 e. The molecule has 0 saturated heterocycles. The number of nitro benzene ring substituents is 1. The van der Waals surface area contributed by atoms with E-state index in [2.05, 4.69) is 4.99 Å². The van der Waals surface area contributed by atoms with Gasteiger partial charge in [-0.15, -0.1) is 0 Å². The fourth-order valence-corrected chi connectivity index (χ4v) is 3.90. The van der Waals surface area contributed by atoms with Crippen LogP contribution in [-0.4, -0.2) is 35.8 Å². The molecule has 1 aliphatic heterocycles. The van der Waals surface area contributed by atoms with E-state index in [-0.39, 0.29) is 0 Å². The molecule has 0 radical (unpaired) electrons. The van der Waals surface area contributed by atoms with Crippen molar-refractivity contribution in [2.24, 2.45) is 16.6 Å². The van der Waals surface area contributed by atoms with E-state index in [0.717, 1.165) is 6.07 Å². The standard InChI is InChI=1S/C15H14F5N3O3/c16-6-13-5-14(19,20)4-11(13)15(7-17,22-12(21)26-13)9-3-8(23(24)25)1-2-10(9)18/h1-3,11H,4-7H2,(H2,21,22)/t11-,13-,15+/m0/s1. The first-order valence-electron chi connectivity index (χ1n) is 7.58. The van der Waals surface area contributed by atoms with Gasteiger partial charge in [-0.05, 0) is 6.07 Å². The topological polar surface area (TPSA) is 90.8 Å². The van der Waals surface area contributed by atoms with Gasteiger partial charge in [0.15, 0.2) is 5.60 Å². The van der Waals surface area contributed by atoms with Gasteiger partial charge < -0.3 is 10.5 Å². The zero-order valence-electron chi connectivity index (χ0n) is 13.2. The second kappa shape index (κ2) is 5.78. The number of halogens is 5. The third-order valence-electron chi connectivity index (χ3n) is 4.95. The van der Waals surface area contributed by atoms with Gasteiger partial charge in [0.2, 0.25) is 0 Å². The number of nitrogens with zero attached hydrogens (tertiary/aromatic N) is 2. The SMILES string of the molecule is NC1=N[C@](CF)(c2cc([N+](=O)[O-])ccc2F)[C@H]2CC(F)(F)C[C@@]2(CF)O1. The van der Waals surface area contributed by atoms with Crippen molar-refractivity contribution in [1.82, 2.24) is 0 Å². The second-order valence-electron chi connectivity index (χ2n) is 6.52. The Bertz CT molecular complexity index is 790. The molecule has 0 unspecified atom stereocenters. The number of hydrogen-bond donors (Lipinski definition) is 1. The van der Waals surface area contributed by atoms with Crippen molar-refractivity contribution in [1.29, 1.82) is 0 Å². The number of fused-ring (bicyclic) bond motifs is 1. The van der Waals surface area contributed by atoms with Gasteiger partial charge in [0.1, 0.15) is 24.7 Å². The fourth-order valence-electron chi connectivity index (χ4n) is 3.90. The third-order valence-corrected chi connectivity index (χ3v) is 4.95. The van der Waals surface area contributed by atoms with Crippen LogP contribution >= 0.6 is 0 Å². The van der Waals surface area contributed by atoms with E-state index >= 15 is 0 Å². The molecular formula is C15H14F5N3O3. The normalized spacial score (nSPS) is 32.5. The molecule has 6 nitrogen and oxygen atoms in total. The van der Waals surface area contributed by atoms with Crippen LogP contribution in [0.15, 0.2) is 23.2 Å². The summed E-state index contributed by atoms with van der Waals surface area (Å²) in [4.78, 5) is 13.8. The van der Waals surface area contributed by atoms with Crippen LogP contribution in [0.25, 0.3) is 0 Å². The highest BCUT2D eigenvalue weighted by atomic mass is 19.3. The van der Waals surface area contributed by atoms with Crippen molar-refractivity contribution in [2.45, 2.75) is 29.9 Å². The molecule has 0 aromatic heterocycles. The van der Waals surface area contributed by atoms with E-state index in [0.29, 0.717) is 12.1 Å². The molecule has 0 amide bonds. The molecule has 26 heavy (non-hydrogen) atoms. The number of nitro groups is 1. The van der Waals surface area contributed by atoms with Crippen LogP contribution in [0, 0.1) is 21.8 Å². The van der Waals surface area contributed by atoms with Crippen molar-refractivity contribution in [3.8, 4) is 0 Å². The smallest absolute Gasteiger partial charge is 0.283 e. The molecule has 142 valence electrons. The van der Waals surface area contributed by atoms with Crippen LogP contribution in [0.4, 0.5) is 27.6 Å². The molecule has 0 bridgehead atoms. The number of hydrogen-bond acceptors (Lipinski definition) is 5. The number of rotatable bonds is 4. The van der Waals surface area contributed by atoms with Crippen LogP contribution in [0.5, 0.6) is 0 Å². The molecule has 1 aliphatic carbocycles. The van der Waals surface area contributed by atoms with Crippen LogP contribution in [0.3, 0.4) is 0 Å². The van der Waals surface area contributed by atoms with Gasteiger partial charge in [0.05, 0.1) is 11.3 Å². The highest BCUT2D eigenvalue weighted by molar-refractivity contribution is 5.74. The molecule has 11 heteroatoms. The summed E-state index contributed by atoms with van der Waals surface area (Å²) in [5, 5.41) is 11.0. The summed E-state index contributed by atoms with van der Waals surface area (Å²) in [6, 6.07) is 1.47. The summed E-state index contributed by atoms with van der Waals surface area (Å²) >= 11 is 0. The Kier molecular flexibility index (Phi) is 4.08. The summed E-state index contributed by atoms with van der Waals surface area (Å²) in [7, 11) is 0. The molecule has 1 aromatic carbocycles. The zero-order chi connectivity index (χ0) is 19.3. The summed E-state index contributed by atoms with van der Waals surface area (Å²) in [6.45, 7) is -2.95. The lowest BCUT2D eigenvalue weighted by atomic mass is 9.71. The lowest BCUT2D eigenvalue weighted by Gasteiger charge is -2.45. The Morgan fingerprint density at radius 1 is 1.35 bits per heavy atom. The number of amidine groups is 1. The van der Waals surface area contributed by atoms with Crippen molar-refractivity contribution in [3.05, 3.63) is 39.7 Å². The molecule has 1 heterocycles. The quantitative estimate of drug-likeness (QED) is 0.495. The van der Waals surface area contributed by atoms with E-state index < -0.39 is 77.2 Å². The maximum absolute atomic E-state index is 14.4. The molecular weight excluding hydrogens is 365 g/mol. The molecule has 3 rings (SSSR count).